The summed E-state index contributed by atoms with van der Waals surface area (Å²) in [4.78, 5) is 42.9. The highest BCUT2D eigenvalue weighted by molar-refractivity contribution is 7.46. The molecule has 1 unspecified atom stereocenters. The highest BCUT2D eigenvalue weighted by atomic mass is 31.2. The summed E-state index contributed by atoms with van der Waals surface area (Å²) >= 11 is 0. The maximum Gasteiger partial charge on any atom is 0.469 e. The van der Waals surface area contributed by atoms with E-state index < -0.39 is 32.5 Å². The van der Waals surface area contributed by atoms with Crippen molar-refractivity contribution in [1.82, 2.24) is 0 Å². The second kappa shape index (κ2) is 42.4. The molecule has 0 rings (SSSR count). The van der Waals surface area contributed by atoms with E-state index in [4.69, 9.17) is 19.3 Å². The average Bonchev–Trinajstić information content (AvgIpc) is 3.17. The van der Waals surface area contributed by atoms with E-state index in [9.17, 15) is 14.2 Å². The van der Waals surface area contributed by atoms with E-state index in [1.54, 1.807) is 0 Å². The van der Waals surface area contributed by atoms with Gasteiger partial charge in [0.25, 0.3) is 0 Å². The molecule has 1 atom stereocenters. The fourth-order valence-corrected chi connectivity index (χ4v) is 6.54. The molecule has 2 N–H and O–H groups in total. The first-order valence-corrected chi connectivity index (χ1v) is 24.1. The van der Waals surface area contributed by atoms with Crippen LogP contribution < -0.4 is 0 Å². The number of phosphoric ester groups is 1. The molecule has 0 bridgehead atoms. The van der Waals surface area contributed by atoms with Crippen LogP contribution in [0.1, 0.15) is 206 Å². The van der Waals surface area contributed by atoms with Crippen LogP contribution in [-0.4, -0.2) is 41.0 Å². The quantitative estimate of drug-likeness (QED) is 0.0271. The van der Waals surface area contributed by atoms with Gasteiger partial charge in [0.2, 0.25) is 0 Å². The van der Waals surface area contributed by atoms with Gasteiger partial charge in [0.1, 0.15) is 6.61 Å². The summed E-state index contributed by atoms with van der Waals surface area (Å²) < 4.78 is 26.4. The lowest BCUT2D eigenvalue weighted by Crippen LogP contribution is -2.29. The molecule has 0 saturated carbocycles. The molecule has 0 heterocycles. The summed E-state index contributed by atoms with van der Waals surface area (Å²) in [5.74, 6) is -0.906. The lowest BCUT2D eigenvalue weighted by Gasteiger charge is -2.18. The fourth-order valence-electron chi connectivity index (χ4n) is 6.18. The molecule has 0 spiro atoms. The zero-order valence-electron chi connectivity index (χ0n) is 35.8. The van der Waals surface area contributed by atoms with E-state index in [0.717, 1.165) is 83.5 Å². The van der Waals surface area contributed by atoms with Crippen LogP contribution in [0.4, 0.5) is 0 Å². The Morgan fingerprint density at radius 3 is 1.29 bits per heavy atom. The third-order valence-electron chi connectivity index (χ3n) is 9.52. The van der Waals surface area contributed by atoms with Crippen LogP contribution in [0, 0.1) is 0 Å². The van der Waals surface area contributed by atoms with Gasteiger partial charge in [-0.15, -0.1) is 0 Å². The predicted molar refractivity (Wildman–Crippen MR) is 234 cm³/mol. The summed E-state index contributed by atoms with van der Waals surface area (Å²) in [7, 11) is -4.76. The summed E-state index contributed by atoms with van der Waals surface area (Å²) in [6.45, 7) is 3.56. The Morgan fingerprint density at radius 2 is 0.857 bits per heavy atom. The number of allylic oxidation sites excluding steroid dienone is 10. The number of hydrogen-bond acceptors (Lipinski definition) is 6. The largest absolute Gasteiger partial charge is 0.469 e. The zero-order valence-corrected chi connectivity index (χ0v) is 36.7. The summed E-state index contributed by atoms with van der Waals surface area (Å²) in [5.41, 5.74) is 0. The zero-order chi connectivity index (χ0) is 41.1. The fraction of sp³-hybridized carbons (Fsp3) is 0.745. The molecule has 0 fully saturated rings. The Labute approximate surface area is 343 Å². The lowest BCUT2D eigenvalue weighted by atomic mass is 10.0. The maximum atomic E-state index is 12.4. The second-order valence-electron chi connectivity index (χ2n) is 15.0. The molecule has 9 heteroatoms. The molecule has 324 valence electrons. The van der Waals surface area contributed by atoms with Gasteiger partial charge in [-0.1, -0.05) is 177 Å². The number of hydrogen-bond donors (Lipinski definition) is 2. The molecule has 0 aromatic rings. The van der Waals surface area contributed by atoms with Gasteiger partial charge in [0.15, 0.2) is 6.10 Å². The van der Waals surface area contributed by atoms with Gasteiger partial charge in [-0.2, -0.15) is 0 Å². The number of phosphoric acid groups is 1. The van der Waals surface area contributed by atoms with Crippen molar-refractivity contribution in [2.75, 3.05) is 13.2 Å². The minimum absolute atomic E-state index is 0.190. The Kier molecular flexibility index (Phi) is 40.7. The van der Waals surface area contributed by atoms with Crippen molar-refractivity contribution in [1.29, 1.82) is 0 Å². The van der Waals surface area contributed by atoms with Crippen LogP contribution in [0.15, 0.2) is 60.8 Å². The van der Waals surface area contributed by atoms with Gasteiger partial charge in [-0.05, 0) is 77.0 Å². The number of esters is 2. The molecule has 0 aromatic heterocycles. The van der Waals surface area contributed by atoms with Gasteiger partial charge >= 0.3 is 19.8 Å². The van der Waals surface area contributed by atoms with Crippen LogP contribution in [0.5, 0.6) is 0 Å². The van der Waals surface area contributed by atoms with Crippen molar-refractivity contribution in [2.24, 2.45) is 0 Å². The molecule has 0 aliphatic rings. The lowest BCUT2D eigenvalue weighted by molar-refractivity contribution is -0.161. The van der Waals surface area contributed by atoms with Gasteiger partial charge in [-0.25, -0.2) is 4.57 Å². The highest BCUT2D eigenvalue weighted by Crippen LogP contribution is 2.36. The van der Waals surface area contributed by atoms with Gasteiger partial charge in [0.05, 0.1) is 6.61 Å². The average molecular weight is 807 g/mol. The predicted octanol–water partition coefficient (Wildman–Crippen LogP) is 14.1. The Balaban J connectivity index is 3.87. The van der Waals surface area contributed by atoms with Crippen molar-refractivity contribution in [3.63, 3.8) is 0 Å². The minimum Gasteiger partial charge on any atom is -0.462 e. The number of unbranched alkanes of at least 4 members (excludes halogenated alkanes) is 21. The molecule has 0 saturated heterocycles. The van der Waals surface area contributed by atoms with Crippen molar-refractivity contribution in [3.8, 4) is 0 Å². The molecule has 0 radical (unpaired) electrons. The van der Waals surface area contributed by atoms with Crippen molar-refractivity contribution < 1.29 is 37.9 Å². The van der Waals surface area contributed by atoms with E-state index in [1.807, 2.05) is 0 Å². The SMILES string of the molecule is CC/C=C\C/C=C\C/C=C\CCCCCCCC(=O)OC(COC(=O)CCCCCCCCCCCCC/C=C\C/C=C\CCCCCCC)COP(=O)(O)O. The Bertz CT molecular complexity index is 1090. The van der Waals surface area contributed by atoms with Gasteiger partial charge in [-0.3, -0.25) is 14.1 Å². The molecule has 0 aliphatic carbocycles. The molecular formula is C47H83O8P. The van der Waals surface area contributed by atoms with E-state index in [2.05, 4.69) is 79.1 Å². The first kappa shape index (κ1) is 53.8. The Morgan fingerprint density at radius 1 is 0.482 bits per heavy atom. The van der Waals surface area contributed by atoms with Gasteiger partial charge in [0, 0.05) is 12.8 Å². The Hall–Kier alpha value is -2.25. The van der Waals surface area contributed by atoms with Crippen LogP contribution >= 0.6 is 7.82 Å². The second-order valence-corrected chi connectivity index (χ2v) is 16.2. The standard InChI is InChI=1S/C47H83O8P/c1-3-5-7-9-11-13-15-17-19-20-21-22-23-24-25-26-28-29-31-33-35-37-39-41-46(48)53-43-45(44-54-56(50,51)52)55-47(49)42-40-38-36-34-32-30-27-18-16-14-12-10-8-6-4-2/h6,8,12,14-15,17-18,20-21,27,45H,3-5,7,9-11,13,16,19,22-26,28-44H2,1-2H3,(H2,50,51,52)/b8-6-,14-12-,17-15-,21-20-,27-18-. The van der Waals surface area contributed by atoms with Gasteiger partial charge < -0.3 is 19.3 Å². The molecule has 0 aromatic carbocycles. The molecular weight excluding hydrogens is 723 g/mol. The number of carbonyl (C=O) groups excluding carboxylic acids is 2. The third-order valence-corrected chi connectivity index (χ3v) is 10.0. The number of rotatable bonds is 41. The van der Waals surface area contributed by atoms with Crippen molar-refractivity contribution >= 4 is 19.8 Å². The number of ether oxygens (including phenoxy) is 2. The maximum absolute atomic E-state index is 12.4. The van der Waals surface area contributed by atoms with E-state index in [1.165, 1.54) is 89.9 Å². The normalized spacial score (nSPS) is 13.0. The van der Waals surface area contributed by atoms with Crippen LogP contribution in [0.25, 0.3) is 0 Å². The third kappa shape index (κ3) is 44.5. The van der Waals surface area contributed by atoms with Crippen LogP contribution in [0.2, 0.25) is 0 Å². The smallest absolute Gasteiger partial charge is 0.462 e. The summed E-state index contributed by atoms with van der Waals surface area (Å²) in [6.07, 6.45) is 53.8. The molecule has 0 amide bonds. The highest BCUT2D eigenvalue weighted by Gasteiger charge is 2.22. The first-order chi connectivity index (χ1) is 27.3. The van der Waals surface area contributed by atoms with Crippen LogP contribution in [-0.2, 0) is 28.2 Å². The first-order valence-electron chi connectivity index (χ1n) is 22.6. The molecule has 0 aliphatic heterocycles. The van der Waals surface area contributed by atoms with Crippen LogP contribution in [0.3, 0.4) is 0 Å². The number of carbonyl (C=O) groups is 2. The topological polar surface area (TPSA) is 119 Å². The van der Waals surface area contributed by atoms with Crippen molar-refractivity contribution in [2.45, 2.75) is 213 Å². The van der Waals surface area contributed by atoms with E-state index >= 15 is 0 Å². The molecule has 56 heavy (non-hydrogen) atoms. The summed E-state index contributed by atoms with van der Waals surface area (Å²) in [6, 6.07) is 0. The van der Waals surface area contributed by atoms with E-state index in [-0.39, 0.29) is 19.4 Å². The monoisotopic (exact) mass is 807 g/mol. The molecule has 8 nitrogen and oxygen atoms in total. The summed E-state index contributed by atoms with van der Waals surface area (Å²) in [5, 5.41) is 0. The van der Waals surface area contributed by atoms with E-state index in [0.29, 0.717) is 6.42 Å². The van der Waals surface area contributed by atoms with Crippen molar-refractivity contribution in [3.05, 3.63) is 60.8 Å². The minimum atomic E-state index is -4.76.